The molecule has 1 amide bonds. The summed E-state index contributed by atoms with van der Waals surface area (Å²) in [6, 6.07) is 33.0. The van der Waals surface area contributed by atoms with Gasteiger partial charge in [-0.25, -0.2) is 0 Å². The Morgan fingerprint density at radius 3 is 2.20 bits per heavy atom. The average molecular weight is 463 g/mol. The van der Waals surface area contributed by atoms with Crippen LogP contribution in [0.3, 0.4) is 0 Å². The molecule has 0 bridgehead atoms. The molecule has 0 radical (unpaired) electrons. The number of nitrogens with zero attached hydrogens (tertiary/aromatic N) is 3. The van der Waals surface area contributed by atoms with Gasteiger partial charge < -0.3 is 9.88 Å². The van der Waals surface area contributed by atoms with E-state index >= 15 is 0 Å². The molecule has 2 aromatic heterocycles. The predicted molar refractivity (Wildman–Crippen MR) is 137 cm³/mol. The van der Waals surface area contributed by atoms with Gasteiger partial charge >= 0.3 is 0 Å². The fourth-order valence-electron chi connectivity index (χ4n) is 4.35. The van der Waals surface area contributed by atoms with E-state index in [0.717, 1.165) is 16.7 Å². The lowest BCUT2D eigenvalue weighted by atomic mass is 9.99. The van der Waals surface area contributed by atoms with Gasteiger partial charge in [0.05, 0.1) is 11.7 Å². The third-order valence-corrected chi connectivity index (χ3v) is 6.13. The van der Waals surface area contributed by atoms with E-state index in [9.17, 15) is 9.59 Å². The molecule has 0 saturated carbocycles. The van der Waals surface area contributed by atoms with Crippen LogP contribution in [0.15, 0.2) is 108 Å². The zero-order valence-electron chi connectivity index (χ0n) is 19.5. The molecule has 3 aromatic carbocycles. The summed E-state index contributed by atoms with van der Waals surface area (Å²) in [7, 11) is 0. The Bertz CT molecular complexity index is 1510. The number of nitrogens with one attached hydrogen (secondary N) is 1. The standard InChI is InChI=1S/C29H26N4O2/c1-21-17-29(35)33-28(19-26(31-33)24-15-9-4-10-16-24)32(21)20-27(34)30-25(23-13-7-3-8-14-23)18-22-11-5-2-6-12-22/h2-17,19,25H,18,20H2,1H3,(H,30,34)/t25-/m0/s1. The lowest BCUT2D eigenvalue weighted by molar-refractivity contribution is -0.122. The first kappa shape index (κ1) is 22.3. The third kappa shape index (κ3) is 4.92. The lowest BCUT2D eigenvalue weighted by Gasteiger charge is -2.21. The van der Waals surface area contributed by atoms with Crippen molar-refractivity contribution in [2.24, 2.45) is 0 Å². The van der Waals surface area contributed by atoms with Crippen LogP contribution in [0.4, 0.5) is 0 Å². The van der Waals surface area contributed by atoms with E-state index in [-0.39, 0.29) is 24.1 Å². The van der Waals surface area contributed by atoms with Crippen molar-refractivity contribution < 1.29 is 4.79 Å². The molecule has 5 aromatic rings. The topological polar surface area (TPSA) is 68.4 Å². The minimum absolute atomic E-state index is 0.0770. The van der Waals surface area contributed by atoms with Gasteiger partial charge in [0, 0.05) is 23.4 Å². The number of hydrogen-bond donors (Lipinski definition) is 1. The van der Waals surface area contributed by atoms with Gasteiger partial charge in [-0.1, -0.05) is 91.0 Å². The molecule has 0 unspecified atom stereocenters. The molecule has 1 atom stereocenters. The number of fused-ring (bicyclic) bond motifs is 1. The number of carbonyl (C=O) groups excluding carboxylic acids is 1. The zero-order valence-corrected chi connectivity index (χ0v) is 19.5. The Kier molecular flexibility index (Phi) is 6.26. The summed E-state index contributed by atoms with van der Waals surface area (Å²) in [6.07, 6.45) is 0.681. The Hall–Kier alpha value is -4.45. The molecule has 1 N–H and O–H groups in total. The molecule has 0 aliphatic heterocycles. The quantitative estimate of drug-likeness (QED) is 0.385. The SMILES string of the molecule is Cc1cc(=O)n2nc(-c3ccccc3)cc2n1CC(=O)N[C@@H](Cc1ccccc1)c1ccccc1. The fraction of sp³-hybridized carbons (Fsp3) is 0.138. The van der Waals surface area contributed by atoms with Crippen LogP contribution < -0.4 is 10.9 Å². The second-order valence-electron chi connectivity index (χ2n) is 8.60. The third-order valence-electron chi connectivity index (χ3n) is 6.13. The van der Waals surface area contributed by atoms with Crippen LogP contribution in [0, 0.1) is 6.92 Å². The molecule has 2 heterocycles. The Morgan fingerprint density at radius 2 is 1.51 bits per heavy atom. The fourth-order valence-corrected chi connectivity index (χ4v) is 4.35. The molecular weight excluding hydrogens is 436 g/mol. The summed E-state index contributed by atoms with van der Waals surface area (Å²) in [4.78, 5) is 25.9. The zero-order chi connectivity index (χ0) is 24.2. The summed E-state index contributed by atoms with van der Waals surface area (Å²) < 4.78 is 3.20. The average Bonchev–Trinajstić information content (AvgIpc) is 3.34. The van der Waals surface area contributed by atoms with E-state index in [2.05, 4.69) is 22.5 Å². The Labute approximate surface area is 203 Å². The van der Waals surface area contributed by atoms with Crippen molar-refractivity contribution in [1.29, 1.82) is 0 Å². The summed E-state index contributed by atoms with van der Waals surface area (Å²) in [6.45, 7) is 1.91. The van der Waals surface area contributed by atoms with Crippen LogP contribution in [0.1, 0.15) is 22.9 Å². The van der Waals surface area contributed by atoms with Gasteiger partial charge in [-0.15, -0.1) is 0 Å². The molecule has 0 fully saturated rings. The first-order chi connectivity index (χ1) is 17.1. The minimum Gasteiger partial charge on any atom is -0.347 e. The highest BCUT2D eigenvalue weighted by atomic mass is 16.2. The number of aromatic nitrogens is 3. The van der Waals surface area contributed by atoms with Crippen LogP contribution in [-0.2, 0) is 17.8 Å². The van der Waals surface area contributed by atoms with Gasteiger partial charge in [-0.05, 0) is 24.5 Å². The van der Waals surface area contributed by atoms with Crippen LogP contribution in [0.25, 0.3) is 16.9 Å². The number of rotatable bonds is 7. The monoisotopic (exact) mass is 462 g/mol. The number of benzene rings is 3. The van der Waals surface area contributed by atoms with Crippen molar-refractivity contribution in [3.63, 3.8) is 0 Å². The normalized spacial score (nSPS) is 11.9. The number of hydrogen-bond acceptors (Lipinski definition) is 3. The number of amides is 1. The molecule has 6 heteroatoms. The molecular formula is C29H26N4O2. The predicted octanol–water partition coefficient (Wildman–Crippen LogP) is 4.57. The second kappa shape index (κ2) is 9.81. The highest BCUT2D eigenvalue weighted by Gasteiger charge is 2.18. The van der Waals surface area contributed by atoms with Crippen molar-refractivity contribution in [2.45, 2.75) is 25.9 Å². The van der Waals surface area contributed by atoms with Crippen molar-refractivity contribution in [1.82, 2.24) is 19.5 Å². The number of aryl methyl sites for hydroxylation is 1. The first-order valence-corrected chi connectivity index (χ1v) is 11.6. The van der Waals surface area contributed by atoms with Crippen LogP contribution in [0.2, 0.25) is 0 Å². The maximum absolute atomic E-state index is 13.3. The van der Waals surface area contributed by atoms with Gasteiger partial charge in [-0.2, -0.15) is 9.61 Å². The molecule has 174 valence electrons. The van der Waals surface area contributed by atoms with Crippen molar-refractivity contribution >= 4 is 11.6 Å². The van der Waals surface area contributed by atoms with Crippen molar-refractivity contribution in [3.05, 3.63) is 130 Å². The summed E-state index contributed by atoms with van der Waals surface area (Å²) in [5.41, 5.74) is 4.86. The molecule has 0 aliphatic rings. The minimum atomic E-state index is -0.220. The van der Waals surface area contributed by atoms with Crippen LogP contribution in [-0.4, -0.2) is 20.1 Å². The maximum atomic E-state index is 13.3. The molecule has 0 saturated heterocycles. The molecule has 0 spiro atoms. The van der Waals surface area contributed by atoms with E-state index in [1.54, 1.807) is 0 Å². The van der Waals surface area contributed by atoms with Crippen LogP contribution in [0.5, 0.6) is 0 Å². The first-order valence-electron chi connectivity index (χ1n) is 11.6. The van der Waals surface area contributed by atoms with E-state index in [1.165, 1.54) is 10.6 Å². The Morgan fingerprint density at radius 1 is 0.886 bits per heavy atom. The largest absolute Gasteiger partial charge is 0.347 e. The summed E-state index contributed by atoms with van der Waals surface area (Å²) >= 11 is 0. The van der Waals surface area contributed by atoms with E-state index in [1.807, 2.05) is 96.4 Å². The number of carbonyl (C=O) groups is 1. The summed E-state index contributed by atoms with van der Waals surface area (Å²) in [5.74, 6) is -0.133. The molecule has 35 heavy (non-hydrogen) atoms. The highest BCUT2D eigenvalue weighted by molar-refractivity contribution is 5.77. The Balaban J connectivity index is 1.45. The second-order valence-corrected chi connectivity index (χ2v) is 8.60. The molecule has 5 rings (SSSR count). The van der Waals surface area contributed by atoms with E-state index < -0.39 is 0 Å². The van der Waals surface area contributed by atoms with E-state index in [0.29, 0.717) is 23.5 Å². The van der Waals surface area contributed by atoms with Crippen molar-refractivity contribution in [2.75, 3.05) is 0 Å². The molecule has 6 nitrogen and oxygen atoms in total. The lowest BCUT2D eigenvalue weighted by Crippen LogP contribution is -2.34. The van der Waals surface area contributed by atoms with Gasteiger partial charge in [0.2, 0.25) is 5.91 Å². The van der Waals surface area contributed by atoms with Gasteiger partial charge in [0.25, 0.3) is 5.56 Å². The van der Waals surface area contributed by atoms with Gasteiger partial charge in [0.15, 0.2) is 0 Å². The summed E-state index contributed by atoms with van der Waals surface area (Å²) in [5, 5.41) is 7.72. The maximum Gasteiger partial charge on any atom is 0.274 e. The van der Waals surface area contributed by atoms with Crippen molar-refractivity contribution in [3.8, 4) is 11.3 Å². The van der Waals surface area contributed by atoms with Crippen LogP contribution >= 0.6 is 0 Å². The smallest absolute Gasteiger partial charge is 0.274 e. The van der Waals surface area contributed by atoms with Gasteiger partial charge in [0.1, 0.15) is 12.2 Å². The van der Waals surface area contributed by atoms with E-state index in [4.69, 9.17) is 0 Å². The van der Waals surface area contributed by atoms with Gasteiger partial charge in [-0.3, -0.25) is 9.59 Å². The highest BCUT2D eigenvalue weighted by Crippen LogP contribution is 2.21. The molecule has 0 aliphatic carbocycles.